The Labute approximate surface area is 122 Å². The Morgan fingerprint density at radius 3 is 2.53 bits per heavy atom. The molecule has 0 aliphatic carbocycles. The molecule has 1 N–H and O–H groups in total. The van der Waals surface area contributed by atoms with Crippen LogP contribution < -0.4 is 5.32 Å². The van der Waals surface area contributed by atoms with E-state index in [0.717, 1.165) is 24.4 Å². The molecule has 0 aliphatic heterocycles. The highest BCUT2D eigenvalue weighted by Crippen LogP contribution is 2.08. The van der Waals surface area contributed by atoms with Crippen molar-refractivity contribution >= 4 is 18.5 Å². The second-order valence-corrected chi connectivity index (χ2v) is 6.01. The van der Waals surface area contributed by atoms with Crippen LogP contribution >= 0.6 is 12.6 Å². The van der Waals surface area contributed by atoms with Gasteiger partial charge in [0.25, 0.3) is 0 Å². The second kappa shape index (κ2) is 9.03. The monoisotopic (exact) mass is 279 g/mol. The zero-order chi connectivity index (χ0) is 14.1. The molecule has 0 heterocycles. The molecule has 0 radical (unpaired) electrons. The molecular weight excluding hydrogens is 254 g/mol. The van der Waals surface area contributed by atoms with E-state index in [-0.39, 0.29) is 11.2 Å². The van der Waals surface area contributed by atoms with Crippen molar-refractivity contribution in [1.29, 1.82) is 0 Å². The highest BCUT2D eigenvalue weighted by atomic mass is 32.1. The van der Waals surface area contributed by atoms with Gasteiger partial charge in [0.15, 0.2) is 0 Å². The molecular formula is C16H25NOS. The zero-order valence-corrected chi connectivity index (χ0v) is 12.8. The number of hydrogen-bond acceptors (Lipinski definition) is 2. The normalized spacial score (nSPS) is 12.4. The van der Waals surface area contributed by atoms with Crippen molar-refractivity contribution in [1.82, 2.24) is 5.32 Å². The number of carbonyl (C=O) groups is 1. The molecule has 0 aliphatic rings. The minimum Gasteiger partial charge on any atom is -0.355 e. The van der Waals surface area contributed by atoms with Crippen molar-refractivity contribution in [3.63, 3.8) is 0 Å². The summed E-state index contributed by atoms with van der Waals surface area (Å²) in [6.45, 7) is 5.21. The standard InChI is InChI=1S/C16H25NOS/c1-13(2)8-6-7-11-17-16(18)15(19)12-14-9-4-3-5-10-14/h3-5,9-10,13,15,19H,6-8,11-12H2,1-2H3,(H,17,18). The maximum absolute atomic E-state index is 11.9. The Morgan fingerprint density at radius 1 is 1.21 bits per heavy atom. The summed E-state index contributed by atoms with van der Waals surface area (Å²) in [5.41, 5.74) is 1.15. The molecule has 1 unspecified atom stereocenters. The van der Waals surface area contributed by atoms with Crippen LogP contribution in [-0.4, -0.2) is 17.7 Å². The summed E-state index contributed by atoms with van der Waals surface area (Å²) in [7, 11) is 0. The Balaban J connectivity index is 2.18. The average Bonchev–Trinajstić information content (AvgIpc) is 2.38. The van der Waals surface area contributed by atoms with Gasteiger partial charge < -0.3 is 5.32 Å². The summed E-state index contributed by atoms with van der Waals surface area (Å²) in [5, 5.41) is 2.70. The Hall–Kier alpha value is -0.960. The fraction of sp³-hybridized carbons (Fsp3) is 0.562. The first kappa shape index (κ1) is 16.1. The molecule has 0 saturated carbocycles. The van der Waals surface area contributed by atoms with Gasteiger partial charge in [0.05, 0.1) is 5.25 Å². The summed E-state index contributed by atoms with van der Waals surface area (Å²) in [4.78, 5) is 11.9. The van der Waals surface area contributed by atoms with Crippen LogP contribution in [0.2, 0.25) is 0 Å². The predicted octanol–water partition coefficient (Wildman–Crippen LogP) is 3.47. The van der Waals surface area contributed by atoms with Gasteiger partial charge in [-0.25, -0.2) is 0 Å². The molecule has 2 nitrogen and oxygen atoms in total. The van der Waals surface area contributed by atoms with E-state index in [9.17, 15) is 4.79 Å². The van der Waals surface area contributed by atoms with E-state index in [1.54, 1.807) is 0 Å². The van der Waals surface area contributed by atoms with Gasteiger partial charge in [0.2, 0.25) is 5.91 Å². The number of amides is 1. The van der Waals surface area contributed by atoms with E-state index in [0.29, 0.717) is 6.42 Å². The molecule has 1 aromatic carbocycles. The lowest BCUT2D eigenvalue weighted by atomic mass is 10.1. The van der Waals surface area contributed by atoms with Gasteiger partial charge in [-0.2, -0.15) is 12.6 Å². The quantitative estimate of drug-likeness (QED) is 0.554. The Morgan fingerprint density at radius 2 is 1.89 bits per heavy atom. The SMILES string of the molecule is CC(C)CCCCNC(=O)C(S)Cc1ccccc1. The van der Waals surface area contributed by atoms with Crippen LogP contribution in [0.3, 0.4) is 0 Å². The van der Waals surface area contributed by atoms with Gasteiger partial charge in [-0.05, 0) is 24.3 Å². The lowest BCUT2D eigenvalue weighted by molar-refractivity contribution is -0.120. The molecule has 1 rings (SSSR count). The zero-order valence-electron chi connectivity index (χ0n) is 11.9. The molecule has 0 saturated heterocycles. The maximum atomic E-state index is 11.9. The van der Waals surface area contributed by atoms with Gasteiger partial charge in [-0.15, -0.1) is 0 Å². The summed E-state index contributed by atoms with van der Waals surface area (Å²) < 4.78 is 0. The van der Waals surface area contributed by atoms with E-state index in [1.165, 1.54) is 12.8 Å². The molecule has 1 aromatic rings. The van der Waals surface area contributed by atoms with Crippen molar-refractivity contribution in [3.05, 3.63) is 35.9 Å². The number of benzene rings is 1. The van der Waals surface area contributed by atoms with Crippen molar-refractivity contribution in [2.75, 3.05) is 6.54 Å². The van der Waals surface area contributed by atoms with Crippen LogP contribution in [0.5, 0.6) is 0 Å². The minimum absolute atomic E-state index is 0.0386. The van der Waals surface area contributed by atoms with Crippen LogP contribution in [-0.2, 0) is 11.2 Å². The van der Waals surface area contributed by atoms with E-state index >= 15 is 0 Å². The Kier molecular flexibility index (Phi) is 7.65. The van der Waals surface area contributed by atoms with Crippen molar-refractivity contribution < 1.29 is 4.79 Å². The van der Waals surface area contributed by atoms with Crippen LogP contribution in [0.1, 0.15) is 38.7 Å². The van der Waals surface area contributed by atoms with Crippen molar-refractivity contribution in [2.45, 2.75) is 44.8 Å². The largest absolute Gasteiger partial charge is 0.355 e. The van der Waals surface area contributed by atoms with Gasteiger partial charge in [0.1, 0.15) is 0 Å². The number of unbranched alkanes of at least 4 members (excludes halogenated alkanes) is 1. The van der Waals surface area contributed by atoms with E-state index in [4.69, 9.17) is 0 Å². The molecule has 0 aromatic heterocycles. The van der Waals surface area contributed by atoms with Gasteiger partial charge >= 0.3 is 0 Å². The van der Waals surface area contributed by atoms with Crippen molar-refractivity contribution in [3.8, 4) is 0 Å². The molecule has 0 fully saturated rings. The third-order valence-corrected chi connectivity index (χ3v) is 3.50. The summed E-state index contributed by atoms with van der Waals surface area (Å²) in [6.07, 6.45) is 4.13. The number of hydrogen-bond donors (Lipinski definition) is 2. The third kappa shape index (κ3) is 7.26. The lowest BCUT2D eigenvalue weighted by Crippen LogP contribution is -2.33. The number of carbonyl (C=O) groups excluding carboxylic acids is 1. The fourth-order valence-electron chi connectivity index (χ4n) is 1.94. The van der Waals surface area contributed by atoms with Gasteiger partial charge in [-0.3, -0.25) is 4.79 Å². The highest BCUT2D eigenvalue weighted by molar-refractivity contribution is 7.81. The second-order valence-electron chi connectivity index (χ2n) is 5.39. The van der Waals surface area contributed by atoms with Crippen LogP contribution in [0.15, 0.2) is 30.3 Å². The third-order valence-electron chi connectivity index (χ3n) is 3.08. The molecule has 106 valence electrons. The van der Waals surface area contributed by atoms with Crippen LogP contribution in [0.4, 0.5) is 0 Å². The highest BCUT2D eigenvalue weighted by Gasteiger charge is 2.13. The van der Waals surface area contributed by atoms with Gasteiger partial charge in [-0.1, -0.05) is 57.0 Å². The van der Waals surface area contributed by atoms with Crippen molar-refractivity contribution in [2.24, 2.45) is 5.92 Å². The summed E-state index contributed by atoms with van der Waals surface area (Å²) >= 11 is 4.38. The first-order chi connectivity index (χ1) is 9.09. The maximum Gasteiger partial charge on any atom is 0.233 e. The molecule has 0 bridgehead atoms. The minimum atomic E-state index is -0.257. The fourth-order valence-corrected chi connectivity index (χ4v) is 2.24. The molecule has 19 heavy (non-hydrogen) atoms. The predicted molar refractivity (Wildman–Crippen MR) is 84.6 cm³/mol. The summed E-state index contributed by atoms with van der Waals surface area (Å²) in [6, 6.07) is 10.0. The van der Waals surface area contributed by atoms with E-state index < -0.39 is 0 Å². The molecule has 1 amide bonds. The molecule has 3 heteroatoms. The average molecular weight is 279 g/mol. The first-order valence-corrected chi connectivity index (χ1v) is 7.61. The van der Waals surface area contributed by atoms with E-state index in [2.05, 4.69) is 31.8 Å². The number of rotatable bonds is 8. The lowest BCUT2D eigenvalue weighted by Gasteiger charge is -2.12. The number of nitrogens with one attached hydrogen (secondary N) is 1. The van der Waals surface area contributed by atoms with E-state index in [1.807, 2.05) is 30.3 Å². The smallest absolute Gasteiger partial charge is 0.233 e. The molecule has 0 spiro atoms. The Bertz CT molecular complexity index is 364. The van der Waals surface area contributed by atoms with Gasteiger partial charge in [0, 0.05) is 6.54 Å². The number of thiol groups is 1. The first-order valence-electron chi connectivity index (χ1n) is 7.09. The molecule has 1 atom stereocenters. The van der Waals surface area contributed by atoms with Crippen LogP contribution in [0.25, 0.3) is 0 Å². The topological polar surface area (TPSA) is 29.1 Å². The summed E-state index contributed by atoms with van der Waals surface area (Å²) in [5.74, 6) is 0.781. The van der Waals surface area contributed by atoms with Crippen LogP contribution in [0, 0.1) is 5.92 Å².